The first-order valence-electron chi connectivity index (χ1n) is 6.61. The van der Waals surface area contributed by atoms with Crippen molar-refractivity contribution >= 4 is 23.4 Å². The molecule has 2 saturated carbocycles. The lowest BCUT2D eigenvalue weighted by atomic mass is 10.0. The number of Topliss-reactive ketones (excluding diaryl/α,β-unsaturated/α-hetero) is 1. The van der Waals surface area contributed by atoms with Crippen LogP contribution in [0.15, 0.2) is 18.2 Å². The Morgan fingerprint density at radius 1 is 1.26 bits per heavy atom. The van der Waals surface area contributed by atoms with Crippen molar-refractivity contribution in [1.29, 1.82) is 0 Å². The molecule has 19 heavy (non-hydrogen) atoms. The number of carbonyl (C=O) groups is 2. The van der Waals surface area contributed by atoms with Gasteiger partial charge in [0, 0.05) is 16.5 Å². The van der Waals surface area contributed by atoms with Gasteiger partial charge in [-0.3, -0.25) is 9.59 Å². The number of halogens is 1. The van der Waals surface area contributed by atoms with E-state index in [0.717, 1.165) is 17.9 Å². The fraction of sp³-hybridized carbons (Fsp3) is 0.467. The number of hydrogen-bond donors (Lipinski definition) is 1. The Hall–Kier alpha value is -1.35. The molecule has 1 aromatic rings. The molecule has 0 aromatic heterocycles. The van der Waals surface area contributed by atoms with E-state index in [0.29, 0.717) is 17.0 Å². The van der Waals surface area contributed by atoms with Crippen molar-refractivity contribution < 1.29 is 14.7 Å². The van der Waals surface area contributed by atoms with E-state index in [4.69, 9.17) is 16.7 Å². The van der Waals surface area contributed by atoms with Crippen LogP contribution in [-0.2, 0) is 11.2 Å². The van der Waals surface area contributed by atoms with Gasteiger partial charge in [0.15, 0.2) is 5.78 Å². The third-order valence-corrected chi connectivity index (χ3v) is 4.34. The van der Waals surface area contributed by atoms with Crippen LogP contribution in [0.5, 0.6) is 0 Å². The first-order valence-corrected chi connectivity index (χ1v) is 6.99. The first kappa shape index (κ1) is 12.7. The van der Waals surface area contributed by atoms with Crippen LogP contribution in [0.2, 0.25) is 5.02 Å². The lowest BCUT2D eigenvalue weighted by molar-refractivity contribution is -0.138. The molecule has 2 fully saturated rings. The standard InChI is InChI=1S/C15H15ClO3/c16-13-6-10(4-3-9(13)5-8-1-2-8)14(17)11-7-12(11)15(18)19/h3-4,6,8,11-12H,1-2,5,7H2,(H,18,19)/t11-,12-/m0/s1. The summed E-state index contributed by atoms with van der Waals surface area (Å²) in [5.74, 6) is -1.08. The van der Waals surface area contributed by atoms with Crippen LogP contribution < -0.4 is 0 Å². The highest BCUT2D eigenvalue weighted by molar-refractivity contribution is 6.31. The summed E-state index contributed by atoms with van der Waals surface area (Å²) in [4.78, 5) is 22.9. The molecule has 4 heteroatoms. The summed E-state index contributed by atoms with van der Waals surface area (Å²) in [7, 11) is 0. The maximum absolute atomic E-state index is 12.1. The Labute approximate surface area is 116 Å². The number of benzene rings is 1. The van der Waals surface area contributed by atoms with Gasteiger partial charge in [0.05, 0.1) is 5.92 Å². The zero-order valence-electron chi connectivity index (χ0n) is 10.4. The Morgan fingerprint density at radius 3 is 2.53 bits per heavy atom. The van der Waals surface area contributed by atoms with Crippen LogP contribution in [0.1, 0.15) is 35.2 Å². The number of rotatable bonds is 5. The van der Waals surface area contributed by atoms with Crippen molar-refractivity contribution in [3.63, 3.8) is 0 Å². The normalized spacial score (nSPS) is 25.1. The van der Waals surface area contributed by atoms with E-state index in [1.807, 2.05) is 6.07 Å². The van der Waals surface area contributed by atoms with Gasteiger partial charge in [-0.2, -0.15) is 0 Å². The van der Waals surface area contributed by atoms with E-state index in [1.165, 1.54) is 12.8 Å². The fourth-order valence-corrected chi connectivity index (χ4v) is 2.73. The number of ketones is 1. The van der Waals surface area contributed by atoms with Crippen LogP contribution in [0.25, 0.3) is 0 Å². The molecule has 0 unspecified atom stereocenters. The molecule has 2 atom stereocenters. The largest absolute Gasteiger partial charge is 0.481 e. The predicted octanol–water partition coefficient (Wildman–Crippen LogP) is 3.20. The van der Waals surface area contributed by atoms with Gasteiger partial charge >= 0.3 is 5.97 Å². The van der Waals surface area contributed by atoms with E-state index in [9.17, 15) is 9.59 Å². The minimum atomic E-state index is -0.880. The summed E-state index contributed by atoms with van der Waals surface area (Å²) in [6.07, 6.45) is 3.96. The van der Waals surface area contributed by atoms with E-state index >= 15 is 0 Å². The van der Waals surface area contributed by atoms with Crippen LogP contribution in [0.3, 0.4) is 0 Å². The van der Waals surface area contributed by atoms with Crippen molar-refractivity contribution in [3.8, 4) is 0 Å². The molecule has 1 N–H and O–H groups in total. The lowest BCUT2D eigenvalue weighted by Crippen LogP contribution is -2.08. The van der Waals surface area contributed by atoms with Crippen LogP contribution in [0, 0.1) is 17.8 Å². The molecular weight excluding hydrogens is 264 g/mol. The molecule has 0 heterocycles. The van der Waals surface area contributed by atoms with Crippen molar-refractivity contribution in [2.45, 2.75) is 25.7 Å². The molecule has 1 aromatic carbocycles. The van der Waals surface area contributed by atoms with Gasteiger partial charge in [0.1, 0.15) is 0 Å². The molecule has 0 radical (unpaired) electrons. The van der Waals surface area contributed by atoms with Gasteiger partial charge in [-0.25, -0.2) is 0 Å². The van der Waals surface area contributed by atoms with E-state index in [1.54, 1.807) is 12.1 Å². The van der Waals surface area contributed by atoms with Crippen LogP contribution in [-0.4, -0.2) is 16.9 Å². The molecule has 0 aliphatic heterocycles. The fourth-order valence-electron chi connectivity index (χ4n) is 2.47. The van der Waals surface area contributed by atoms with Crippen molar-refractivity contribution in [2.24, 2.45) is 17.8 Å². The third-order valence-electron chi connectivity index (χ3n) is 3.99. The average Bonchev–Trinajstić information content (AvgIpc) is 3.24. The molecule has 2 aliphatic rings. The van der Waals surface area contributed by atoms with Crippen molar-refractivity contribution in [1.82, 2.24) is 0 Å². The van der Waals surface area contributed by atoms with E-state index in [-0.39, 0.29) is 11.7 Å². The Balaban J connectivity index is 1.73. The second-order valence-corrected chi connectivity index (χ2v) is 6.01. The maximum atomic E-state index is 12.1. The quantitative estimate of drug-likeness (QED) is 0.842. The number of carboxylic acid groups (broad SMARTS) is 1. The molecule has 3 rings (SSSR count). The molecule has 3 nitrogen and oxygen atoms in total. The first-order chi connectivity index (χ1) is 9.06. The second kappa shape index (κ2) is 4.64. The number of carboxylic acids is 1. The zero-order valence-corrected chi connectivity index (χ0v) is 11.2. The Morgan fingerprint density at radius 2 is 2.00 bits per heavy atom. The van der Waals surface area contributed by atoms with Gasteiger partial charge in [-0.1, -0.05) is 23.7 Å². The average molecular weight is 279 g/mol. The van der Waals surface area contributed by atoms with Crippen LogP contribution >= 0.6 is 11.6 Å². The predicted molar refractivity (Wildman–Crippen MR) is 71.4 cm³/mol. The topological polar surface area (TPSA) is 54.4 Å². The van der Waals surface area contributed by atoms with Crippen molar-refractivity contribution in [3.05, 3.63) is 34.3 Å². The second-order valence-electron chi connectivity index (χ2n) is 5.60. The monoisotopic (exact) mass is 278 g/mol. The van der Waals surface area contributed by atoms with Gasteiger partial charge in [0.25, 0.3) is 0 Å². The number of hydrogen-bond acceptors (Lipinski definition) is 2. The SMILES string of the molecule is O=C(O)[C@H]1C[C@@H]1C(=O)c1ccc(CC2CC2)c(Cl)c1. The van der Waals surface area contributed by atoms with Crippen molar-refractivity contribution in [2.75, 3.05) is 0 Å². The van der Waals surface area contributed by atoms with E-state index < -0.39 is 11.9 Å². The van der Waals surface area contributed by atoms with E-state index in [2.05, 4.69) is 0 Å². The highest BCUT2D eigenvalue weighted by Gasteiger charge is 2.48. The minimum absolute atomic E-state index is 0.0905. The van der Waals surface area contributed by atoms with Crippen LogP contribution in [0.4, 0.5) is 0 Å². The summed E-state index contributed by atoms with van der Waals surface area (Å²) in [6, 6.07) is 5.38. The highest BCUT2D eigenvalue weighted by Crippen LogP contribution is 2.41. The Bertz CT molecular complexity index is 548. The van der Waals surface area contributed by atoms with Gasteiger partial charge < -0.3 is 5.11 Å². The third kappa shape index (κ3) is 2.66. The molecule has 0 saturated heterocycles. The lowest BCUT2D eigenvalue weighted by Gasteiger charge is -2.06. The summed E-state index contributed by atoms with van der Waals surface area (Å²) < 4.78 is 0. The zero-order chi connectivity index (χ0) is 13.6. The molecule has 100 valence electrons. The smallest absolute Gasteiger partial charge is 0.307 e. The Kier molecular flexibility index (Phi) is 3.09. The number of carbonyl (C=O) groups excluding carboxylic acids is 1. The number of aliphatic carboxylic acids is 1. The van der Waals surface area contributed by atoms with Gasteiger partial charge in [0.2, 0.25) is 0 Å². The van der Waals surface area contributed by atoms with Gasteiger partial charge in [-0.05, 0) is 43.2 Å². The highest BCUT2D eigenvalue weighted by atomic mass is 35.5. The summed E-state index contributed by atoms with van der Waals surface area (Å²) >= 11 is 6.20. The maximum Gasteiger partial charge on any atom is 0.307 e. The van der Waals surface area contributed by atoms with Gasteiger partial charge in [-0.15, -0.1) is 0 Å². The molecule has 0 spiro atoms. The molecule has 2 aliphatic carbocycles. The molecule has 0 bridgehead atoms. The summed E-state index contributed by atoms with van der Waals surface area (Å²) in [5, 5.41) is 9.48. The summed E-state index contributed by atoms with van der Waals surface area (Å²) in [6.45, 7) is 0. The minimum Gasteiger partial charge on any atom is -0.481 e. The summed E-state index contributed by atoms with van der Waals surface area (Å²) in [5.41, 5.74) is 1.63. The molecule has 0 amide bonds. The molecular formula is C15H15ClO3.